The largest absolute Gasteiger partial charge is 0.325 e. The number of halogens is 1. The first kappa shape index (κ1) is 16.3. The normalized spacial score (nSPS) is 25.0. The van der Waals surface area contributed by atoms with E-state index in [9.17, 15) is 4.79 Å². The van der Waals surface area contributed by atoms with E-state index < -0.39 is 0 Å². The zero-order valence-electron chi connectivity index (χ0n) is 12.5. The first-order valence-electron chi connectivity index (χ1n) is 7.45. The van der Waals surface area contributed by atoms with E-state index in [0.29, 0.717) is 12.0 Å². The number of nitrogens with one attached hydrogen (secondary N) is 2. The lowest BCUT2D eigenvalue weighted by Gasteiger charge is -2.22. The molecule has 1 aromatic carbocycles. The molecule has 1 amide bonds. The molecule has 2 saturated heterocycles. The van der Waals surface area contributed by atoms with Crippen molar-refractivity contribution in [2.45, 2.75) is 19.8 Å². The monoisotopic (exact) mass is 309 g/mol. The third kappa shape index (κ3) is 3.96. The average Bonchev–Trinajstić information content (AvgIpc) is 3.03. The van der Waals surface area contributed by atoms with Crippen LogP contribution in [0.15, 0.2) is 24.3 Å². The number of benzene rings is 1. The second kappa shape index (κ2) is 6.77. The van der Waals surface area contributed by atoms with Crippen LogP contribution in [-0.4, -0.2) is 43.5 Å². The minimum atomic E-state index is 0. The highest BCUT2D eigenvalue weighted by atomic mass is 35.5. The van der Waals surface area contributed by atoms with Gasteiger partial charge in [0.05, 0.1) is 6.54 Å². The van der Waals surface area contributed by atoms with Crippen molar-refractivity contribution in [3.63, 3.8) is 0 Å². The van der Waals surface area contributed by atoms with Crippen LogP contribution in [0.3, 0.4) is 0 Å². The molecule has 0 aliphatic carbocycles. The van der Waals surface area contributed by atoms with Gasteiger partial charge in [0.25, 0.3) is 0 Å². The number of hydrogen-bond acceptors (Lipinski definition) is 3. The van der Waals surface area contributed by atoms with Crippen LogP contribution in [0.2, 0.25) is 0 Å². The van der Waals surface area contributed by atoms with Gasteiger partial charge in [0.2, 0.25) is 5.91 Å². The van der Waals surface area contributed by atoms with Gasteiger partial charge in [-0.1, -0.05) is 17.7 Å². The molecule has 116 valence electrons. The van der Waals surface area contributed by atoms with Crippen molar-refractivity contribution in [2.24, 2.45) is 5.41 Å². The highest BCUT2D eigenvalue weighted by Gasteiger charge is 2.40. The molecule has 2 N–H and O–H groups in total. The van der Waals surface area contributed by atoms with Crippen molar-refractivity contribution in [1.82, 2.24) is 10.2 Å². The van der Waals surface area contributed by atoms with Gasteiger partial charge in [-0.3, -0.25) is 9.69 Å². The molecular weight excluding hydrogens is 286 g/mol. The third-order valence-corrected chi connectivity index (χ3v) is 4.55. The average molecular weight is 310 g/mol. The second-order valence-corrected chi connectivity index (χ2v) is 6.30. The van der Waals surface area contributed by atoms with Gasteiger partial charge in [0.1, 0.15) is 0 Å². The lowest BCUT2D eigenvalue weighted by Crippen LogP contribution is -2.34. The minimum Gasteiger partial charge on any atom is -0.325 e. The number of hydrogen-bond donors (Lipinski definition) is 2. The van der Waals surface area contributed by atoms with E-state index in [1.165, 1.54) is 18.4 Å². The number of nitrogens with zero attached hydrogens (tertiary/aromatic N) is 1. The molecule has 1 aromatic rings. The molecule has 3 rings (SSSR count). The Balaban J connectivity index is 0.00000161. The van der Waals surface area contributed by atoms with Crippen LogP contribution in [0.5, 0.6) is 0 Å². The van der Waals surface area contributed by atoms with E-state index in [1.807, 2.05) is 31.2 Å². The summed E-state index contributed by atoms with van der Waals surface area (Å²) < 4.78 is 0. The number of amides is 1. The SMILES string of the molecule is Cc1ccc(NC(=O)CN2CCC3(CCNC3)C2)cc1.Cl. The summed E-state index contributed by atoms with van der Waals surface area (Å²) in [6.45, 7) is 6.90. The molecule has 1 atom stereocenters. The number of carbonyl (C=O) groups excluding carboxylic acids is 1. The molecule has 2 fully saturated rings. The number of aryl methyl sites for hydroxylation is 1. The van der Waals surface area contributed by atoms with Crippen LogP contribution in [0.25, 0.3) is 0 Å². The summed E-state index contributed by atoms with van der Waals surface area (Å²) in [5, 5.41) is 6.43. The van der Waals surface area contributed by atoms with Crippen LogP contribution in [0.4, 0.5) is 5.69 Å². The van der Waals surface area contributed by atoms with E-state index in [2.05, 4.69) is 15.5 Å². The molecule has 4 nitrogen and oxygen atoms in total. The van der Waals surface area contributed by atoms with E-state index in [4.69, 9.17) is 0 Å². The van der Waals surface area contributed by atoms with Crippen LogP contribution in [0, 0.1) is 12.3 Å². The second-order valence-electron chi connectivity index (χ2n) is 6.30. The zero-order valence-corrected chi connectivity index (χ0v) is 13.3. The van der Waals surface area contributed by atoms with Gasteiger partial charge < -0.3 is 10.6 Å². The van der Waals surface area contributed by atoms with Crippen molar-refractivity contribution in [1.29, 1.82) is 0 Å². The Morgan fingerprint density at radius 2 is 2.10 bits per heavy atom. The van der Waals surface area contributed by atoms with Crippen LogP contribution in [0.1, 0.15) is 18.4 Å². The molecule has 21 heavy (non-hydrogen) atoms. The Labute approximate surface area is 132 Å². The lowest BCUT2D eigenvalue weighted by molar-refractivity contribution is -0.117. The van der Waals surface area contributed by atoms with Crippen molar-refractivity contribution in [2.75, 3.05) is 38.0 Å². The predicted molar refractivity (Wildman–Crippen MR) is 88.0 cm³/mol. The maximum Gasteiger partial charge on any atom is 0.238 e. The topological polar surface area (TPSA) is 44.4 Å². The van der Waals surface area contributed by atoms with Gasteiger partial charge in [-0.25, -0.2) is 0 Å². The molecule has 2 heterocycles. The lowest BCUT2D eigenvalue weighted by atomic mass is 9.87. The van der Waals surface area contributed by atoms with Crippen molar-refractivity contribution >= 4 is 24.0 Å². The van der Waals surface area contributed by atoms with Crippen LogP contribution < -0.4 is 10.6 Å². The molecule has 2 aliphatic heterocycles. The van der Waals surface area contributed by atoms with E-state index in [-0.39, 0.29) is 18.3 Å². The number of carbonyl (C=O) groups is 1. The first-order chi connectivity index (χ1) is 9.65. The maximum atomic E-state index is 12.1. The van der Waals surface area contributed by atoms with E-state index >= 15 is 0 Å². The van der Waals surface area contributed by atoms with Gasteiger partial charge in [0.15, 0.2) is 0 Å². The van der Waals surface area contributed by atoms with Crippen LogP contribution in [-0.2, 0) is 4.79 Å². The summed E-state index contributed by atoms with van der Waals surface area (Å²) in [6, 6.07) is 7.95. The fraction of sp³-hybridized carbons (Fsp3) is 0.562. The van der Waals surface area contributed by atoms with Gasteiger partial charge in [-0.05, 0) is 50.4 Å². The third-order valence-electron chi connectivity index (χ3n) is 4.55. The molecule has 5 heteroatoms. The Bertz CT molecular complexity index is 483. The summed E-state index contributed by atoms with van der Waals surface area (Å²) in [5.41, 5.74) is 2.53. The van der Waals surface area contributed by atoms with Crippen LogP contribution >= 0.6 is 12.4 Å². The Kier molecular flexibility index (Phi) is 5.25. The van der Waals surface area contributed by atoms with Crippen molar-refractivity contribution in [3.05, 3.63) is 29.8 Å². The van der Waals surface area contributed by atoms with E-state index in [0.717, 1.165) is 31.9 Å². The quantitative estimate of drug-likeness (QED) is 0.898. The molecule has 0 aromatic heterocycles. The summed E-state index contributed by atoms with van der Waals surface area (Å²) in [4.78, 5) is 14.4. The summed E-state index contributed by atoms with van der Waals surface area (Å²) >= 11 is 0. The molecule has 1 spiro atoms. The van der Waals surface area contributed by atoms with Gasteiger partial charge in [-0.2, -0.15) is 0 Å². The zero-order chi connectivity index (χ0) is 14.0. The molecule has 0 radical (unpaired) electrons. The van der Waals surface area contributed by atoms with Gasteiger partial charge in [-0.15, -0.1) is 12.4 Å². The molecule has 0 bridgehead atoms. The Morgan fingerprint density at radius 3 is 2.76 bits per heavy atom. The molecular formula is C16H24ClN3O. The Morgan fingerprint density at radius 1 is 1.33 bits per heavy atom. The summed E-state index contributed by atoms with van der Waals surface area (Å²) in [7, 11) is 0. The number of anilines is 1. The standard InChI is InChI=1S/C16H23N3O.ClH/c1-13-2-4-14(5-3-13)18-15(20)10-19-9-7-16(12-19)6-8-17-11-16;/h2-5,17H,6-12H2,1H3,(H,18,20);1H. The first-order valence-corrected chi connectivity index (χ1v) is 7.45. The van der Waals surface area contributed by atoms with Crippen molar-refractivity contribution in [3.8, 4) is 0 Å². The maximum absolute atomic E-state index is 12.1. The highest BCUT2D eigenvalue weighted by molar-refractivity contribution is 5.92. The number of likely N-dealkylation sites (tertiary alicyclic amines) is 1. The highest BCUT2D eigenvalue weighted by Crippen LogP contribution is 2.35. The molecule has 2 aliphatic rings. The Hall–Kier alpha value is -1.10. The summed E-state index contributed by atoms with van der Waals surface area (Å²) in [6.07, 6.45) is 2.47. The smallest absolute Gasteiger partial charge is 0.238 e. The van der Waals surface area contributed by atoms with Gasteiger partial charge in [0, 0.05) is 18.8 Å². The summed E-state index contributed by atoms with van der Waals surface area (Å²) in [5.74, 6) is 0.0943. The van der Waals surface area contributed by atoms with E-state index in [1.54, 1.807) is 0 Å². The van der Waals surface area contributed by atoms with Gasteiger partial charge >= 0.3 is 0 Å². The molecule has 0 saturated carbocycles. The fourth-order valence-corrected chi connectivity index (χ4v) is 3.35. The fourth-order valence-electron chi connectivity index (χ4n) is 3.35. The predicted octanol–water partition coefficient (Wildman–Crippen LogP) is 2.04. The number of rotatable bonds is 3. The molecule has 1 unspecified atom stereocenters. The van der Waals surface area contributed by atoms with Crippen molar-refractivity contribution < 1.29 is 4.79 Å². The minimum absolute atomic E-state index is 0.